The number of ether oxygens (including phenoxy) is 1. The maximum atomic E-state index is 5.93. The number of nitrogens with one attached hydrogen (secondary N) is 3. The van der Waals surface area contributed by atoms with E-state index in [0.717, 1.165) is 18.0 Å². The molecule has 0 aromatic heterocycles. The molecule has 0 amide bonds. The molecule has 1 saturated heterocycles. The number of rotatable bonds is 6. The van der Waals surface area contributed by atoms with Crippen molar-refractivity contribution in [3.8, 4) is 5.75 Å². The van der Waals surface area contributed by atoms with Crippen LogP contribution in [0.5, 0.6) is 5.75 Å². The van der Waals surface area contributed by atoms with Crippen molar-refractivity contribution in [2.45, 2.75) is 18.9 Å². The number of methoxy groups -OCH3 is 1. The number of halogens is 1. The molecule has 1 heterocycles. The molecule has 6 heteroatoms. The van der Waals surface area contributed by atoms with Crippen LogP contribution in [0.4, 0.5) is 5.69 Å². The second-order valence-corrected chi connectivity index (χ2v) is 7.38. The van der Waals surface area contributed by atoms with Gasteiger partial charge in [0, 0.05) is 29.1 Å². The van der Waals surface area contributed by atoms with E-state index in [9.17, 15) is 0 Å². The van der Waals surface area contributed by atoms with E-state index in [0.29, 0.717) is 16.2 Å². The third-order valence-electron chi connectivity index (χ3n) is 4.83. The molecular weight excluding hydrogens is 366 g/mol. The molecule has 0 spiro atoms. The van der Waals surface area contributed by atoms with Crippen LogP contribution in [0.3, 0.4) is 0 Å². The van der Waals surface area contributed by atoms with E-state index in [1.54, 1.807) is 12.0 Å². The Kier molecular flexibility index (Phi) is 6.72. The first-order valence-electron chi connectivity index (χ1n) is 8.94. The minimum atomic E-state index is 0.369. The van der Waals surface area contributed by atoms with Gasteiger partial charge in [-0.05, 0) is 60.7 Å². The summed E-state index contributed by atoms with van der Waals surface area (Å²) in [5.74, 6) is 0.886. The molecule has 2 aromatic carbocycles. The summed E-state index contributed by atoms with van der Waals surface area (Å²) in [4.78, 5) is 1.61. The first kappa shape index (κ1) is 19.0. The lowest BCUT2D eigenvalue weighted by Gasteiger charge is -2.26. The van der Waals surface area contributed by atoms with Gasteiger partial charge < -0.3 is 20.3 Å². The lowest BCUT2D eigenvalue weighted by molar-refractivity contribution is -0.918. The van der Waals surface area contributed by atoms with Gasteiger partial charge in [-0.2, -0.15) is 0 Å². The largest absolute Gasteiger partial charge is 0.497 e. The molecule has 0 unspecified atom stereocenters. The fraction of sp³-hybridized carbons (Fsp3) is 0.350. The standard InChI is InChI=1S/C20H24ClN3OS/c1-25-18-10-4-15(5-11-18)19(24-12-2-3-13-24)14-22-20(26)23-17-8-6-16(21)7-9-17/h4-11,19H,2-3,12-14H2,1H3,(H2,22,23,26)/p+1/t19-/m0/s1. The molecule has 1 atom stereocenters. The quantitative estimate of drug-likeness (QED) is 0.663. The number of likely N-dealkylation sites (tertiary alicyclic amines) is 1. The molecular formula is C20H25ClN3OS+. The van der Waals surface area contributed by atoms with E-state index >= 15 is 0 Å². The maximum Gasteiger partial charge on any atom is 0.171 e. The highest BCUT2D eigenvalue weighted by Crippen LogP contribution is 2.17. The van der Waals surface area contributed by atoms with Gasteiger partial charge >= 0.3 is 0 Å². The van der Waals surface area contributed by atoms with Crippen LogP contribution in [0.25, 0.3) is 0 Å². The molecule has 0 radical (unpaired) electrons. The predicted octanol–water partition coefficient (Wildman–Crippen LogP) is 3.06. The Morgan fingerprint density at radius 2 is 1.77 bits per heavy atom. The highest BCUT2D eigenvalue weighted by Gasteiger charge is 2.27. The lowest BCUT2D eigenvalue weighted by atomic mass is 10.1. The van der Waals surface area contributed by atoms with Gasteiger partial charge in [-0.15, -0.1) is 0 Å². The van der Waals surface area contributed by atoms with Crippen molar-refractivity contribution in [3.05, 3.63) is 59.1 Å². The minimum Gasteiger partial charge on any atom is -0.497 e. The van der Waals surface area contributed by atoms with Crippen molar-refractivity contribution in [3.63, 3.8) is 0 Å². The summed E-state index contributed by atoms with van der Waals surface area (Å²) in [6, 6.07) is 16.3. The number of anilines is 1. The minimum absolute atomic E-state index is 0.369. The zero-order valence-electron chi connectivity index (χ0n) is 14.9. The molecule has 3 rings (SSSR count). The third-order valence-corrected chi connectivity index (χ3v) is 5.32. The van der Waals surface area contributed by atoms with Crippen LogP contribution in [0, 0.1) is 0 Å². The topological polar surface area (TPSA) is 37.7 Å². The maximum absolute atomic E-state index is 5.93. The number of hydrogen-bond donors (Lipinski definition) is 3. The van der Waals surface area contributed by atoms with E-state index in [1.807, 2.05) is 36.4 Å². The Hall–Kier alpha value is -1.82. The van der Waals surface area contributed by atoms with Crippen LogP contribution in [0.1, 0.15) is 24.4 Å². The monoisotopic (exact) mass is 390 g/mol. The SMILES string of the molecule is COc1ccc([C@H](CNC(=S)Nc2ccc(Cl)cc2)[NH+]2CCCC2)cc1. The molecule has 1 aliphatic heterocycles. The Morgan fingerprint density at radius 3 is 2.38 bits per heavy atom. The first-order valence-corrected chi connectivity index (χ1v) is 9.73. The number of hydrogen-bond acceptors (Lipinski definition) is 2. The molecule has 4 nitrogen and oxygen atoms in total. The summed E-state index contributed by atoms with van der Waals surface area (Å²) in [7, 11) is 1.70. The Balaban J connectivity index is 1.63. The highest BCUT2D eigenvalue weighted by molar-refractivity contribution is 7.80. The molecule has 0 bridgehead atoms. The van der Waals surface area contributed by atoms with Crippen molar-refractivity contribution in [1.29, 1.82) is 0 Å². The highest BCUT2D eigenvalue weighted by atomic mass is 35.5. The van der Waals surface area contributed by atoms with Crippen LogP contribution in [-0.2, 0) is 0 Å². The zero-order valence-corrected chi connectivity index (χ0v) is 16.5. The first-order chi connectivity index (χ1) is 12.7. The van der Waals surface area contributed by atoms with Crippen molar-refractivity contribution >= 4 is 34.6 Å². The van der Waals surface area contributed by atoms with E-state index in [1.165, 1.54) is 31.5 Å². The fourth-order valence-corrected chi connectivity index (χ4v) is 3.74. The molecule has 3 N–H and O–H groups in total. The molecule has 26 heavy (non-hydrogen) atoms. The number of thiocarbonyl (C=S) groups is 1. The summed E-state index contributed by atoms with van der Waals surface area (Å²) in [6.45, 7) is 3.20. The summed E-state index contributed by atoms with van der Waals surface area (Å²) >= 11 is 11.4. The molecule has 1 aliphatic rings. The fourth-order valence-electron chi connectivity index (χ4n) is 3.41. The van der Waals surface area contributed by atoms with Crippen LogP contribution >= 0.6 is 23.8 Å². The number of benzene rings is 2. The van der Waals surface area contributed by atoms with E-state index in [4.69, 9.17) is 28.6 Å². The number of quaternary nitrogens is 1. The molecule has 2 aromatic rings. The Bertz CT molecular complexity index is 715. The van der Waals surface area contributed by atoms with Crippen molar-refractivity contribution in [1.82, 2.24) is 5.32 Å². The average molecular weight is 391 g/mol. The van der Waals surface area contributed by atoms with Crippen molar-refractivity contribution in [2.24, 2.45) is 0 Å². The Labute approximate surface area is 165 Å². The van der Waals surface area contributed by atoms with Gasteiger partial charge in [0.05, 0.1) is 26.7 Å². The van der Waals surface area contributed by atoms with Gasteiger partial charge in [0.2, 0.25) is 0 Å². The van der Waals surface area contributed by atoms with Gasteiger partial charge in [0.1, 0.15) is 11.8 Å². The molecule has 0 saturated carbocycles. The third kappa shape index (κ3) is 5.10. The van der Waals surface area contributed by atoms with Crippen LogP contribution in [-0.4, -0.2) is 31.9 Å². The average Bonchev–Trinajstić information content (AvgIpc) is 3.19. The van der Waals surface area contributed by atoms with Crippen molar-refractivity contribution < 1.29 is 9.64 Å². The van der Waals surface area contributed by atoms with Crippen molar-refractivity contribution in [2.75, 3.05) is 32.1 Å². The normalized spacial score (nSPS) is 15.5. The van der Waals surface area contributed by atoms with Gasteiger partial charge in [0.15, 0.2) is 5.11 Å². The summed E-state index contributed by atoms with van der Waals surface area (Å²) in [5.41, 5.74) is 2.24. The zero-order chi connectivity index (χ0) is 18.4. The molecule has 1 fully saturated rings. The molecule has 0 aliphatic carbocycles. The Morgan fingerprint density at radius 1 is 1.12 bits per heavy atom. The van der Waals surface area contributed by atoms with Gasteiger partial charge in [-0.3, -0.25) is 0 Å². The van der Waals surface area contributed by atoms with E-state index < -0.39 is 0 Å². The van der Waals surface area contributed by atoms with Crippen LogP contribution in [0.2, 0.25) is 5.02 Å². The predicted molar refractivity (Wildman–Crippen MR) is 111 cm³/mol. The summed E-state index contributed by atoms with van der Waals surface area (Å²) in [5, 5.41) is 7.95. The lowest BCUT2D eigenvalue weighted by Crippen LogP contribution is -3.11. The van der Waals surface area contributed by atoms with Gasteiger partial charge in [-0.1, -0.05) is 11.6 Å². The van der Waals surface area contributed by atoms with Crippen LogP contribution in [0.15, 0.2) is 48.5 Å². The second kappa shape index (κ2) is 9.21. The molecule has 138 valence electrons. The van der Waals surface area contributed by atoms with E-state index in [-0.39, 0.29) is 0 Å². The van der Waals surface area contributed by atoms with E-state index in [2.05, 4.69) is 22.8 Å². The summed E-state index contributed by atoms with van der Waals surface area (Å²) < 4.78 is 5.28. The second-order valence-electron chi connectivity index (χ2n) is 6.53. The van der Waals surface area contributed by atoms with Crippen LogP contribution < -0.4 is 20.3 Å². The van der Waals surface area contributed by atoms with Gasteiger partial charge in [-0.25, -0.2) is 0 Å². The smallest absolute Gasteiger partial charge is 0.171 e. The van der Waals surface area contributed by atoms with Gasteiger partial charge in [0.25, 0.3) is 0 Å². The summed E-state index contributed by atoms with van der Waals surface area (Å²) in [6.07, 6.45) is 2.57.